The summed E-state index contributed by atoms with van der Waals surface area (Å²) in [6.45, 7) is 0. The molecule has 2 rings (SSSR count). The molecule has 0 spiro atoms. The molecule has 0 saturated carbocycles. The van der Waals surface area contributed by atoms with E-state index in [4.69, 9.17) is 5.11 Å². The van der Waals surface area contributed by atoms with Gasteiger partial charge in [-0.3, -0.25) is 0 Å². The smallest absolute Gasteiger partial charge is 0.338 e. The molecule has 0 saturated heterocycles. The summed E-state index contributed by atoms with van der Waals surface area (Å²) in [5.41, 5.74) is -0.545. The number of nitrogens with one attached hydrogen (secondary N) is 1. The molecule has 4 nitrogen and oxygen atoms in total. The Labute approximate surface area is 115 Å². The second-order valence-electron chi connectivity index (χ2n) is 3.58. The van der Waals surface area contributed by atoms with E-state index in [9.17, 15) is 13.6 Å². The van der Waals surface area contributed by atoms with E-state index in [0.717, 1.165) is 12.3 Å². The first kappa shape index (κ1) is 13.4. The first-order valence-electron chi connectivity index (χ1n) is 5.09. The molecule has 0 aliphatic heterocycles. The van der Waals surface area contributed by atoms with E-state index in [2.05, 4.69) is 26.2 Å². The summed E-state index contributed by atoms with van der Waals surface area (Å²) < 4.78 is 27.9. The average molecular weight is 329 g/mol. The van der Waals surface area contributed by atoms with Crippen molar-refractivity contribution in [3.8, 4) is 0 Å². The van der Waals surface area contributed by atoms with Gasteiger partial charge in [0, 0.05) is 10.7 Å². The van der Waals surface area contributed by atoms with Crippen LogP contribution in [0.15, 0.2) is 34.9 Å². The fourth-order valence-corrected chi connectivity index (χ4v) is 1.78. The van der Waals surface area contributed by atoms with Crippen LogP contribution in [0.5, 0.6) is 0 Å². The third-order valence-electron chi connectivity index (χ3n) is 2.30. The Morgan fingerprint density at radius 3 is 2.74 bits per heavy atom. The summed E-state index contributed by atoms with van der Waals surface area (Å²) in [6, 6.07) is 5.09. The lowest BCUT2D eigenvalue weighted by molar-refractivity contribution is 0.0692. The molecule has 0 aliphatic carbocycles. The number of anilines is 2. The van der Waals surface area contributed by atoms with Gasteiger partial charge in [-0.1, -0.05) is 15.9 Å². The maximum absolute atomic E-state index is 13.8. The summed E-state index contributed by atoms with van der Waals surface area (Å²) in [6.07, 6.45) is 1.13. The predicted molar refractivity (Wildman–Crippen MR) is 68.5 cm³/mol. The number of pyridine rings is 1. The van der Waals surface area contributed by atoms with Gasteiger partial charge in [0.05, 0.1) is 5.69 Å². The number of hydrogen-bond acceptors (Lipinski definition) is 3. The molecule has 98 valence electrons. The minimum absolute atomic E-state index is 0.0108. The number of carbonyl (C=O) groups is 1. The van der Waals surface area contributed by atoms with E-state index in [1.54, 1.807) is 0 Å². The molecule has 1 aromatic heterocycles. The summed E-state index contributed by atoms with van der Waals surface area (Å²) in [5, 5.41) is 11.2. The quantitative estimate of drug-likeness (QED) is 0.904. The molecular formula is C12H7BrF2N2O2. The highest BCUT2D eigenvalue weighted by Gasteiger charge is 2.16. The highest BCUT2D eigenvalue weighted by molar-refractivity contribution is 9.10. The van der Waals surface area contributed by atoms with Crippen molar-refractivity contribution in [2.24, 2.45) is 0 Å². The van der Waals surface area contributed by atoms with Crippen molar-refractivity contribution in [2.45, 2.75) is 0 Å². The molecule has 0 fully saturated rings. The van der Waals surface area contributed by atoms with Crippen LogP contribution in [0, 0.1) is 11.6 Å². The van der Waals surface area contributed by atoms with E-state index in [1.165, 1.54) is 18.2 Å². The summed E-state index contributed by atoms with van der Waals surface area (Å²) in [5.74, 6) is -3.42. The van der Waals surface area contributed by atoms with Crippen molar-refractivity contribution >= 4 is 33.4 Å². The molecular weight excluding hydrogens is 322 g/mol. The van der Waals surface area contributed by atoms with Crippen LogP contribution >= 0.6 is 15.9 Å². The molecule has 2 aromatic rings. The zero-order valence-corrected chi connectivity index (χ0v) is 10.9. The topological polar surface area (TPSA) is 62.2 Å². The molecule has 0 bridgehead atoms. The standard InChI is InChI=1S/C12H7BrF2N2O2/c13-6-1-2-8(14)9(5-6)17-11-10(15)7(12(18)19)3-4-16-11/h1-5H,(H,16,17)(H,18,19). The Morgan fingerprint density at radius 1 is 1.32 bits per heavy atom. The van der Waals surface area contributed by atoms with Gasteiger partial charge in [-0.25, -0.2) is 18.6 Å². The van der Waals surface area contributed by atoms with Gasteiger partial charge in [0.2, 0.25) is 0 Å². The number of carboxylic acids is 1. The number of rotatable bonds is 3. The van der Waals surface area contributed by atoms with Crippen LogP contribution in [0.1, 0.15) is 10.4 Å². The van der Waals surface area contributed by atoms with Crippen LogP contribution in [0.2, 0.25) is 0 Å². The minimum atomic E-state index is -1.42. The summed E-state index contributed by atoms with van der Waals surface area (Å²) in [7, 11) is 0. The lowest BCUT2D eigenvalue weighted by atomic mass is 10.2. The van der Waals surface area contributed by atoms with Gasteiger partial charge in [-0.05, 0) is 24.3 Å². The SMILES string of the molecule is O=C(O)c1ccnc(Nc2cc(Br)ccc2F)c1F. The van der Waals surface area contributed by atoms with Gasteiger partial charge in [0.25, 0.3) is 0 Å². The van der Waals surface area contributed by atoms with Gasteiger partial charge in [-0.2, -0.15) is 0 Å². The van der Waals surface area contributed by atoms with E-state index < -0.39 is 23.2 Å². The monoisotopic (exact) mass is 328 g/mol. The number of benzene rings is 1. The van der Waals surface area contributed by atoms with Crippen molar-refractivity contribution < 1.29 is 18.7 Å². The normalized spacial score (nSPS) is 10.3. The Kier molecular flexibility index (Phi) is 3.75. The molecule has 19 heavy (non-hydrogen) atoms. The third-order valence-corrected chi connectivity index (χ3v) is 2.79. The van der Waals surface area contributed by atoms with Gasteiger partial charge >= 0.3 is 5.97 Å². The van der Waals surface area contributed by atoms with Crippen molar-refractivity contribution in [3.05, 3.63) is 52.1 Å². The molecule has 0 radical (unpaired) electrons. The Morgan fingerprint density at radius 2 is 2.05 bits per heavy atom. The second-order valence-corrected chi connectivity index (χ2v) is 4.49. The first-order valence-corrected chi connectivity index (χ1v) is 5.88. The maximum atomic E-state index is 13.8. The fraction of sp³-hybridized carbons (Fsp3) is 0. The van der Waals surface area contributed by atoms with Gasteiger partial charge in [0.15, 0.2) is 11.6 Å². The van der Waals surface area contributed by atoms with Crippen LogP contribution in [-0.4, -0.2) is 16.1 Å². The zero-order valence-electron chi connectivity index (χ0n) is 9.32. The Bertz CT molecular complexity index is 650. The van der Waals surface area contributed by atoms with Crippen molar-refractivity contribution in [1.82, 2.24) is 4.98 Å². The van der Waals surface area contributed by atoms with Gasteiger partial charge < -0.3 is 10.4 Å². The third kappa shape index (κ3) is 2.87. The molecule has 0 unspecified atom stereocenters. The van der Waals surface area contributed by atoms with E-state index in [0.29, 0.717) is 4.47 Å². The van der Waals surface area contributed by atoms with E-state index >= 15 is 0 Å². The first-order chi connectivity index (χ1) is 8.99. The lowest BCUT2D eigenvalue weighted by Gasteiger charge is -2.09. The van der Waals surface area contributed by atoms with Crippen LogP contribution < -0.4 is 5.32 Å². The maximum Gasteiger partial charge on any atom is 0.338 e. The zero-order chi connectivity index (χ0) is 14.0. The molecule has 1 heterocycles. The largest absolute Gasteiger partial charge is 0.478 e. The molecule has 0 amide bonds. The number of aromatic carboxylic acids is 1. The van der Waals surface area contributed by atoms with Crippen LogP contribution in [0.3, 0.4) is 0 Å². The molecule has 0 aliphatic rings. The second kappa shape index (κ2) is 5.31. The number of aromatic nitrogens is 1. The van der Waals surface area contributed by atoms with E-state index in [1.807, 2.05) is 0 Å². The van der Waals surface area contributed by atoms with Crippen molar-refractivity contribution in [2.75, 3.05) is 5.32 Å². The number of hydrogen-bond donors (Lipinski definition) is 2. The van der Waals surface area contributed by atoms with Crippen molar-refractivity contribution in [3.63, 3.8) is 0 Å². The average Bonchev–Trinajstić information content (AvgIpc) is 2.36. The highest BCUT2D eigenvalue weighted by atomic mass is 79.9. The Hall–Kier alpha value is -2.02. The molecule has 7 heteroatoms. The van der Waals surface area contributed by atoms with Crippen LogP contribution in [0.4, 0.5) is 20.3 Å². The molecule has 0 atom stereocenters. The van der Waals surface area contributed by atoms with Gasteiger partial charge in [-0.15, -0.1) is 0 Å². The van der Waals surface area contributed by atoms with Gasteiger partial charge in [0.1, 0.15) is 11.4 Å². The predicted octanol–water partition coefficient (Wildman–Crippen LogP) is 3.56. The molecule has 1 aromatic carbocycles. The Balaban J connectivity index is 2.41. The number of halogens is 3. The number of nitrogens with zero attached hydrogens (tertiary/aromatic N) is 1. The summed E-state index contributed by atoms with van der Waals surface area (Å²) in [4.78, 5) is 14.4. The summed E-state index contributed by atoms with van der Waals surface area (Å²) >= 11 is 3.15. The highest BCUT2D eigenvalue weighted by Crippen LogP contribution is 2.25. The fourth-order valence-electron chi connectivity index (χ4n) is 1.42. The van der Waals surface area contributed by atoms with Crippen molar-refractivity contribution in [1.29, 1.82) is 0 Å². The molecule has 2 N–H and O–H groups in total. The lowest BCUT2D eigenvalue weighted by Crippen LogP contribution is -2.06. The number of carboxylic acid groups (broad SMARTS) is 1. The van der Waals surface area contributed by atoms with E-state index in [-0.39, 0.29) is 11.5 Å². The minimum Gasteiger partial charge on any atom is -0.478 e. The van der Waals surface area contributed by atoms with Crippen LogP contribution in [0.25, 0.3) is 0 Å². The van der Waals surface area contributed by atoms with Crippen LogP contribution in [-0.2, 0) is 0 Å².